The van der Waals surface area contributed by atoms with Gasteiger partial charge in [-0.2, -0.15) is 0 Å². The minimum absolute atomic E-state index is 0.447. The molecule has 57 heavy (non-hydrogen) atoms. The van der Waals surface area contributed by atoms with Crippen molar-refractivity contribution < 1.29 is 9.15 Å². The molecule has 0 unspecified atom stereocenters. The van der Waals surface area contributed by atoms with E-state index in [-0.39, 0.29) is 0 Å². The number of ether oxygens (including phenoxy) is 1. The van der Waals surface area contributed by atoms with Crippen LogP contribution in [-0.4, -0.2) is 5.84 Å². The maximum Gasteiger partial charge on any atom is 0.143 e. The van der Waals surface area contributed by atoms with E-state index < -0.39 is 0 Å². The fourth-order valence-corrected chi connectivity index (χ4v) is 7.27. The summed E-state index contributed by atoms with van der Waals surface area (Å²) in [6.45, 7) is 12.0. The number of rotatable bonds is 6. The summed E-state index contributed by atoms with van der Waals surface area (Å²) in [5.74, 6) is 2.32. The second kappa shape index (κ2) is 19.5. The number of allylic oxidation sites excluding steroid dienone is 4. The van der Waals surface area contributed by atoms with Crippen molar-refractivity contribution in [3.8, 4) is 33.4 Å². The third-order valence-electron chi connectivity index (χ3n) is 9.86. The van der Waals surface area contributed by atoms with E-state index >= 15 is 0 Å². The Hall–Kier alpha value is -6.39. The summed E-state index contributed by atoms with van der Waals surface area (Å²) in [4.78, 5) is 5.16. The fourth-order valence-electron chi connectivity index (χ4n) is 7.27. The van der Waals surface area contributed by atoms with E-state index in [1.165, 1.54) is 5.57 Å². The minimum Gasteiger partial charge on any atom is -0.463 e. The van der Waals surface area contributed by atoms with Gasteiger partial charge in [0.25, 0.3) is 0 Å². The van der Waals surface area contributed by atoms with Crippen LogP contribution in [0.1, 0.15) is 78.4 Å². The number of amidine groups is 1. The van der Waals surface area contributed by atoms with E-state index in [1.54, 1.807) is 0 Å². The highest BCUT2D eigenvalue weighted by Crippen LogP contribution is 2.40. The molecule has 288 valence electrons. The molecule has 9 rings (SSSR count). The predicted octanol–water partition coefficient (Wildman–Crippen LogP) is 15.2. The van der Waals surface area contributed by atoms with Gasteiger partial charge in [-0.15, -0.1) is 0 Å². The van der Waals surface area contributed by atoms with Crippen LogP contribution in [0, 0.1) is 0 Å². The Morgan fingerprint density at radius 2 is 1.18 bits per heavy atom. The zero-order valence-electron chi connectivity index (χ0n) is 34.2. The number of benzene rings is 6. The molecule has 4 heteroatoms. The lowest BCUT2D eigenvalue weighted by Gasteiger charge is -2.13. The molecule has 1 aliphatic heterocycles. The minimum atomic E-state index is 0.447. The van der Waals surface area contributed by atoms with Gasteiger partial charge in [-0.3, -0.25) is 0 Å². The molecule has 2 aliphatic rings. The fraction of sp³-hybridized carbons (Fsp3) is 0.189. The van der Waals surface area contributed by atoms with Crippen molar-refractivity contribution in [1.29, 1.82) is 0 Å². The van der Waals surface area contributed by atoms with Crippen LogP contribution in [0.2, 0.25) is 0 Å². The highest BCUT2D eigenvalue weighted by Gasteiger charge is 2.25. The van der Waals surface area contributed by atoms with Gasteiger partial charge < -0.3 is 14.9 Å². The highest BCUT2D eigenvalue weighted by molar-refractivity contribution is 6.09. The molecule has 2 heterocycles. The molecule has 1 aromatic heterocycles. The van der Waals surface area contributed by atoms with Crippen molar-refractivity contribution in [3.05, 3.63) is 186 Å². The zero-order chi connectivity index (χ0) is 40.1. The molecule has 0 fully saturated rings. The number of aliphatic imine (C=N–C) groups is 1. The number of hydrogen-bond donors (Lipinski definition) is 1. The Labute approximate surface area is 338 Å². The third kappa shape index (κ3) is 8.87. The second-order valence-corrected chi connectivity index (χ2v) is 13.2. The van der Waals surface area contributed by atoms with Gasteiger partial charge in [0.2, 0.25) is 0 Å². The van der Waals surface area contributed by atoms with Crippen LogP contribution in [0.4, 0.5) is 0 Å². The normalized spacial score (nSPS) is 14.2. The van der Waals surface area contributed by atoms with Crippen LogP contribution in [0.3, 0.4) is 0 Å². The molecule has 1 aliphatic carbocycles. The first-order valence-electron chi connectivity index (χ1n) is 20.6. The Morgan fingerprint density at radius 3 is 1.96 bits per heavy atom. The molecule has 0 saturated carbocycles. The first-order chi connectivity index (χ1) is 28.2. The molecule has 0 saturated heterocycles. The van der Waals surface area contributed by atoms with Crippen molar-refractivity contribution in [1.82, 2.24) is 0 Å². The number of nitrogens with zero attached hydrogens (tertiary/aromatic N) is 1. The number of nitrogens with two attached hydrogens (primary N) is 1. The monoisotopic (exact) mass is 750 g/mol. The molecule has 7 aromatic rings. The smallest absolute Gasteiger partial charge is 0.143 e. The maximum atomic E-state index is 6.85. The lowest BCUT2D eigenvalue weighted by molar-refractivity contribution is 0.308. The second-order valence-electron chi connectivity index (χ2n) is 13.2. The highest BCUT2D eigenvalue weighted by atomic mass is 16.5. The summed E-state index contributed by atoms with van der Waals surface area (Å²) >= 11 is 0. The number of hydrogen-bond acceptors (Lipinski definition) is 3. The lowest BCUT2D eigenvalue weighted by Crippen LogP contribution is -2.14. The van der Waals surface area contributed by atoms with E-state index in [2.05, 4.69) is 115 Å². The SMILES string of the molecule is CC.CC.CC.NC(=N/C(=C1\CC2=C(CCCC=C2)O1)c1cccc(-c2cccc(-c3cccc4c3oc3ccccc34)c2)c1)c1cccc(-c2ccccc2)c1. The first-order valence-corrected chi connectivity index (χ1v) is 20.6. The summed E-state index contributed by atoms with van der Waals surface area (Å²) in [7, 11) is 0. The molecule has 0 amide bonds. The standard InChI is InChI=1S/C47H36N2O2.3C2H6/c48-47(38-21-11-16-32(29-38)31-13-3-1-4-14-31)49-45(44-30-36-15-5-2-6-25-42(36)50-44)37-20-10-18-34(28-37)33-17-9-19-35(27-33)39-23-12-24-41-40-22-7-8-26-43(40)51-46(39)41;3*1-2/h1,3-5,7-24,26-29H,2,6,25,30H2,(H2,48,49);3*1-2H3/b45-44+;;;. The molecule has 2 N–H and O–H groups in total. The molecule has 0 bridgehead atoms. The van der Waals surface area contributed by atoms with Crippen molar-refractivity contribution in [2.45, 2.75) is 67.2 Å². The van der Waals surface area contributed by atoms with Gasteiger partial charge in [-0.05, 0) is 70.5 Å². The largest absolute Gasteiger partial charge is 0.463 e. The van der Waals surface area contributed by atoms with Crippen LogP contribution in [-0.2, 0) is 4.74 Å². The predicted molar refractivity (Wildman–Crippen MR) is 244 cm³/mol. The van der Waals surface area contributed by atoms with Crippen molar-refractivity contribution in [2.24, 2.45) is 10.7 Å². The summed E-state index contributed by atoms with van der Waals surface area (Å²) in [6, 6.07) is 50.4. The average molecular weight is 751 g/mol. The quantitative estimate of drug-likeness (QED) is 0.136. The van der Waals surface area contributed by atoms with E-state index in [9.17, 15) is 0 Å². The van der Waals surface area contributed by atoms with Gasteiger partial charge in [-0.25, -0.2) is 4.99 Å². The summed E-state index contributed by atoms with van der Waals surface area (Å²) in [5.41, 5.74) is 19.0. The molecule has 6 aromatic carbocycles. The van der Waals surface area contributed by atoms with Gasteiger partial charge in [0, 0.05) is 40.3 Å². The topological polar surface area (TPSA) is 60.8 Å². The van der Waals surface area contributed by atoms with Crippen LogP contribution in [0.25, 0.3) is 61.0 Å². The van der Waals surface area contributed by atoms with E-state index in [0.29, 0.717) is 12.3 Å². The zero-order valence-corrected chi connectivity index (χ0v) is 34.2. The number of furan rings is 1. The van der Waals surface area contributed by atoms with E-state index in [4.69, 9.17) is 19.9 Å². The van der Waals surface area contributed by atoms with Gasteiger partial charge in [0.05, 0.1) is 0 Å². The van der Waals surface area contributed by atoms with Crippen molar-refractivity contribution in [3.63, 3.8) is 0 Å². The summed E-state index contributed by atoms with van der Waals surface area (Å²) in [5, 5.41) is 2.25. The van der Waals surface area contributed by atoms with E-state index in [0.717, 1.165) is 103 Å². The van der Waals surface area contributed by atoms with Crippen LogP contribution < -0.4 is 5.73 Å². The van der Waals surface area contributed by atoms with Gasteiger partial charge in [0.1, 0.15) is 34.2 Å². The number of fused-ring (bicyclic) bond motifs is 3. The lowest BCUT2D eigenvalue weighted by atomic mass is 9.96. The van der Waals surface area contributed by atoms with Crippen LogP contribution >= 0.6 is 0 Å². The van der Waals surface area contributed by atoms with Crippen LogP contribution in [0.5, 0.6) is 0 Å². The molecule has 0 atom stereocenters. The van der Waals surface area contributed by atoms with Crippen molar-refractivity contribution in [2.75, 3.05) is 0 Å². The summed E-state index contributed by atoms with van der Waals surface area (Å²) < 4.78 is 13.0. The Kier molecular flexibility index (Phi) is 13.8. The summed E-state index contributed by atoms with van der Waals surface area (Å²) in [6.07, 6.45) is 8.21. The molecule has 0 spiro atoms. The van der Waals surface area contributed by atoms with Gasteiger partial charge in [0.15, 0.2) is 0 Å². The number of para-hydroxylation sites is 2. The third-order valence-corrected chi connectivity index (χ3v) is 9.86. The van der Waals surface area contributed by atoms with Gasteiger partial charge >= 0.3 is 0 Å². The Morgan fingerprint density at radius 1 is 0.579 bits per heavy atom. The molecule has 4 nitrogen and oxygen atoms in total. The van der Waals surface area contributed by atoms with Crippen LogP contribution in [0.15, 0.2) is 184 Å². The Balaban J connectivity index is 0.000000876. The Bertz CT molecular complexity index is 2570. The average Bonchev–Trinajstić information content (AvgIpc) is 3.81. The van der Waals surface area contributed by atoms with Crippen molar-refractivity contribution >= 4 is 33.5 Å². The molecular weight excluding hydrogens is 697 g/mol. The molecule has 0 radical (unpaired) electrons. The van der Waals surface area contributed by atoms with E-state index in [1.807, 2.05) is 84.0 Å². The van der Waals surface area contributed by atoms with Gasteiger partial charge in [-0.1, -0.05) is 175 Å². The molecular formula is C53H54N2O2. The maximum absolute atomic E-state index is 6.85. The first kappa shape index (κ1) is 40.3.